The van der Waals surface area contributed by atoms with Crippen molar-refractivity contribution in [3.63, 3.8) is 0 Å². The fraction of sp³-hybridized carbons (Fsp3) is 0.929. The number of hydrogen-bond acceptors (Lipinski definition) is 3. The number of nitrogens with one attached hydrogen (secondary N) is 1. The summed E-state index contributed by atoms with van der Waals surface area (Å²) < 4.78 is 0. The van der Waals surface area contributed by atoms with E-state index in [-0.39, 0.29) is 5.91 Å². The van der Waals surface area contributed by atoms with Crippen molar-refractivity contribution in [1.82, 2.24) is 5.32 Å². The first kappa shape index (κ1) is 17.8. The second-order valence-electron chi connectivity index (χ2n) is 4.62. The van der Waals surface area contributed by atoms with Crippen molar-refractivity contribution >= 4 is 17.7 Å². The molecule has 0 atom stereocenters. The van der Waals surface area contributed by atoms with Crippen LogP contribution in [0, 0.1) is 0 Å². The molecule has 0 bridgehead atoms. The lowest BCUT2D eigenvalue weighted by Crippen LogP contribution is -2.29. The van der Waals surface area contributed by atoms with Crippen molar-refractivity contribution in [2.24, 2.45) is 5.73 Å². The third-order valence-electron chi connectivity index (χ3n) is 2.83. The van der Waals surface area contributed by atoms with Crippen molar-refractivity contribution in [3.8, 4) is 0 Å². The molecule has 0 aliphatic rings. The predicted molar refractivity (Wildman–Crippen MR) is 82.0 cm³/mol. The third-order valence-corrected chi connectivity index (χ3v) is 3.90. The van der Waals surface area contributed by atoms with Crippen LogP contribution in [0.4, 0.5) is 0 Å². The zero-order valence-electron chi connectivity index (χ0n) is 11.9. The van der Waals surface area contributed by atoms with E-state index in [0.29, 0.717) is 19.5 Å². The summed E-state index contributed by atoms with van der Waals surface area (Å²) in [6.07, 6.45) is 10.1. The lowest BCUT2D eigenvalue weighted by atomic mass is 10.1. The SMILES string of the molecule is CCCCCCCCCSCCC(=O)NCCN. The molecular weight excluding hydrogens is 244 g/mol. The minimum atomic E-state index is 0.132. The molecule has 0 aliphatic carbocycles. The molecule has 0 radical (unpaired) electrons. The van der Waals surface area contributed by atoms with Crippen molar-refractivity contribution in [2.75, 3.05) is 24.6 Å². The molecule has 0 aliphatic heterocycles. The highest BCUT2D eigenvalue weighted by molar-refractivity contribution is 7.99. The van der Waals surface area contributed by atoms with E-state index in [4.69, 9.17) is 5.73 Å². The van der Waals surface area contributed by atoms with Crippen LogP contribution in [0.15, 0.2) is 0 Å². The van der Waals surface area contributed by atoms with Crippen LogP contribution >= 0.6 is 11.8 Å². The highest BCUT2D eigenvalue weighted by Crippen LogP contribution is 2.11. The van der Waals surface area contributed by atoms with Crippen molar-refractivity contribution in [1.29, 1.82) is 0 Å². The smallest absolute Gasteiger partial charge is 0.220 e. The maximum atomic E-state index is 11.3. The van der Waals surface area contributed by atoms with E-state index in [1.165, 1.54) is 50.7 Å². The van der Waals surface area contributed by atoms with Gasteiger partial charge in [0, 0.05) is 25.3 Å². The average Bonchev–Trinajstić information content (AvgIpc) is 2.38. The van der Waals surface area contributed by atoms with Gasteiger partial charge in [-0.1, -0.05) is 45.4 Å². The van der Waals surface area contributed by atoms with Crippen LogP contribution in [0.25, 0.3) is 0 Å². The number of amides is 1. The molecular formula is C14H30N2OS. The van der Waals surface area contributed by atoms with Gasteiger partial charge in [0.15, 0.2) is 0 Å². The van der Waals surface area contributed by atoms with Crippen molar-refractivity contribution in [2.45, 2.75) is 58.3 Å². The number of nitrogens with two attached hydrogens (primary N) is 1. The molecule has 108 valence electrons. The van der Waals surface area contributed by atoms with E-state index in [0.717, 1.165) is 5.75 Å². The molecule has 0 saturated carbocycles. The molecule has 3 N–H and O–H groups in total. The van der Waals surface area contributed by atoms with Crippen molar-refractivity contribution < 1.29 is 4.79 Å². The van der Waals surface area contributed by atoms with Crippen LogP contribution in [0.3, 0.4) is 0 Å². The van der Waals surface area contributed by atoms with Gasteiger partial charge in [-0.3, -0.25) is 4.79 Å². The van der Waals surface area contributed by atoms with Gasteiger partial charge >= 0.3 is 0 Å². The Morgan fingerprint density at radius 2 is 1.72 bits per heavy atom. The summed E-state index contributed by atoms with van der Waals surface area (Å²) in [5.74, 6) is 2.26. The summed E-state index contributed by atoms with van der Waals surface area (Å²) in [5.41, 5.74) is 5.31. The molecule has 0 saturated heterocycles. The lowest BCUT2D eigenvalue weighted by molar-refractivity contribution is -0.120. The van der Waals surface area contributed by atoms with Gasteiger partial charge in [0.1, 0.15) is 0 Å². The van der Waals surface area contributed by atoms with E-state index in [2.05, 4.69) is 12.2 Å². The van der Waals surface area contributed by atoms with Crippen LogP contribution in [-0.2, 0) is 4.79 Å². The van der Waals surface area contributed by atoms with E-state index >= 15 is 0 Å². The molecule has 18 heavy (non-hydrogen) atoms. The Labute approximate surface area is 117 Å². The number of thioether (sulfide) groups is 1. The van der Waals surface area contributed by atoms with Gasteiger partial charge in [-0.15, -0.1) is 0 Å². The Morgan fingerprint density at radius 3 is 2.39 bits per heavy atom. The van der Waals surface area contributed by atoms with Gasteiger partial charge in [-0.25, -0.2) is 0 Å². The average molecular weight is 274 g/mol. The molecule has 0 fully saturated rings. The molecule has 0 aromatic carbocycles. The largest absolute Gasteiger partial charge is 0.355 e. The second-order valence-corrected chi connectivity index (χ2v) is 5.85. The molecule has 3 nitrogen and oxygen atoms in total. The van der Waals surface area contributed by atoms with E-state index in [1.54, 1.807) is 0 Å². The standard InChI is InChI=1S/C14H30N2OS/c1-2-3-4-5-6-7-8-12-18-13-9-14(17)16-11-10-15/h2-13,15H2,1H3,(H,16,17). The fourth-order valence-electron chi connectivity index (χ4n) is 1.73. The van der Waals surface area contributed by atoms with Crippen LogP contribution < -0.4 is 11.1 Å². The van der Waals surface area contributed by atoms with Crippen LogP contribution in [0.5, 0.6) is 0 Å². The molecule has 0 spiro atoms. The molecule has 0 heterocycles. The van der Waals surface area contributed by atoms with Gasteiger partial charge in [-0.05, 0) is 12.2 Å². The zero-order valence-corrected chi connectivity index (χ0v) is 12.7. The number of rotatable bonds is 13. The molecule has 0 rings (SSSR count). The summed E-state index contributed by atoms with van der Waals surface area (Å²) in [5, 5.41) is 2.79. The summed E-state index contributed by atoms with van der Waals surface area (Å²) in [4.78, 5) is 11.3. The second kappa shape index (κ2) is 14.8. The Bertz CT molecular complexity index is 189. The number of carbonyl (C=O) groups is 1. The Kier molecular flexibility index (Phi) is 14.7. The quantitative estimate of drug-likeness (QED) is 0.508. The van der Waals surface area contributed by atoms with E-state index < -0.39 is 0 Å². The van der Waals surface area contributed by atoms with Crippen LogP contribution in [0.1, 0.15) is 58.3 Å². The van der Waals surface area contributed by atoms with Gasteiger partial charge in [0.25, 0.3) is 0 Å². The molecule has 1 amide bonds. The number of unbranched alkanes of at least 4 members (excludes halogenated alkanes) is 6. The monoisotopic (exact) mass is 274 g/mol. The summed E-state index contributed by atoms with van der Waals surface area (Å²) in [6, 6.07) is 0. The number of hydrogen-bond donors (Lipinski definition) is 2. The summed E-state index contributed by atoms with van der Waals surface area (Å²) >= 11 is 1.89. The molecule has 4 heteroatoms. The van der Waals surface area contributed by atoms with E-state index in [1.807, 2.05) is 11.8 Å². The minimum Gasteiger partial charge on any atom is -0.355 e. The Morgan fingerprint density at radius 1 is 1.06 bits per heavy atom. The van der Waals surface area contributed by atoms with Gasteiger partial charge in [0.2, 0.25) is 5.91 Å². The summed E-state index contributed by atoms with van der Waals surface area (Å²) in [6.45, 7) is 3.37. The van der Waals surface area contributed by atoms with Crippen LogP contribution in [0.2, 0.25) is 0 Å². The molecule has 0 aromatic rings. The number of carbonyl (C=O) groups excluding carboxylic acids is 1. The first-order valence-corrected chi connectivity index (χ1v) is 8.51. The predicted octanol–water partition coefficient (Wildman–Crippen LogP) is 2.94. The fourth-order valence-corrected chi connectivity index (χ4v) is 2.67. The summed E-state index contributed by atoms with van der Waals surface area (Å²) in [7, 11) is 0. The van der Waals surface area contributed by atoms with Gasteiger partial charge < -0.3 is 11.1 Å². The maximum absolute atomic E-state index is 11.3. The Balaban J connectivity index is 3.04. The van der Waals surface area contributed by atoms with Gasteiger partial charge in [0.05, 0.1) is 0 Å². The third kappa shape index (κ3) is 13.8. The molecule has 0 aromatic heterocycles. The normalized spacial score (nSPS) is 10.6. The van der Waals surface area contributed by atoms with Crippen LogP contribution in [-0.4, -0.2) is 30.5 Å². The Hall–Kier alpha value is -0.220. The van der Waals surface area contributed by atoms with E-state index in [9.17, 15) is 4.79 Å². The highest BCUT2D eigenvalue weighted by atomic mass is 32.2. The topological polar surface area (TPSA) is 55.1 Å². The molecule has 0 unspecified atom stereocenters. The maximum Gasteiger partial charge on any atom is 0.220 e. The minimum absolute atomic E-state index is 0.132. The van der Waals surface area contributed by atoms with Gasteiger partial charge in [-0.2, -0.15) is 11.8 Å². The first-order valence-electron chi connectivity index (χ1n) is 7.35. The lowest BCUT2D eigenvalue weighted by Gasteiger charge is -2.04. The highest BCUT2D eigenvalue weighted by Gasteiger charge is 1.99. The van der Waals surface area contributed by atoms with Crippen molar-refractivity contribution in [3.05, 3.63) is 0 Å². The first-order chi connectivity index (χ1) is 8.81. The zero-order chi connectivity index (χ0) is 13.5.